The van der Waals surface area contributed by atoms with Crippen molar-refractivity contribution in [1.29, 1.82) is 0 Å². The number of hydrogen-bond acceptors (Lipinski definition) is 2. The normalized spacial score (nSPS) is 10.4. The lowest BCUT2D eigenvalue weighted by molar-refractivity contribution is 0.0920. The fourth-order valence-corrected chi connectivity index (χ4v) is 1.72. The van der Waals surface area contributed by atoms with Crippen LogP contribution in [0.15, 0.2) is 40.9 Å². The molecular weight excluding hydrogens is 337 g/mol. The van der Waals surface area contributed by atoms with Crippen molar-refractivity contribution < 1.29 is 22.7 Å². The molecule has 6 heteroatoms. The van der Waals surface area contributed by atoms with Gasteiger partial charge in [-0.25, -0.2) is 13.2 Å². The molecule has 0 saturated heterocycles. The van der Waals surface area contributed by atoms with Crippen molar-refractivity contribution in [2.75, 3.05) is 6.61 Å². The number of rotatable bonds is 4. The number of hydrogen-bond donors (Lipinski definition) is 0. The highest BCUT2D eigenvalue weighted by Crippen LogP contribution is 2.21. The molecule has 2 nitrogen and oxygen atoms in total. The van der Waals surface area contributed by atoms with Crippen molar-refractivity contribution in [2.24, 2.45) is 0 Å². The third kappa shape index (κ3) is 3.39. The largest absolute Gasteiger partial charge is 0.485 e. The number of Topliss-reactive ketones (excluding diaryl/α,β-unsaturated/α-hetero) is 1. The minimum absolute atomic E-state index is 0.0125. The molecule has 0 aromatic heterocycles. The van der Waals surface area contributed by atoms with Gasteiger partial charge in [0.05, 0.1) is 4.47 Å². The lowest BCUT2D eigenvalue weighted by Gasteiger charge is -2.06. The van der Waals surface area contributed by atoms with Gasteiger partial charge in [-0.1, -0.05) is 0 Å². The van der Waals surface area contributed by atoms with Crippen molar-refractivity contribution in [1.82, 2.24) is 0 Å². The molecule has 0 amide bonds. The summed E-state index contributed by atoms with van der Waals surface area (Å²) in [7, 11) is 0. The lowest BCUT2D eigenvalue weighted by atomic mass is 10.1. The van der Waals surface area contributed by atoms with E-state index in [9.17, 15) is 18.0 Å². The Kier molecular flexibility index (Phi) is 4.44. The molecule has 0 saturated carbocycles. The second kappa shape index (κ2) is 6.09. The minimum Gasteiger partial charge on any atom is -0.485 e. The van der Waals surface area contributed by atoms with E-state index in [0.717, 1.165) is 24.3 Å². The van der Waals surface area contributed by atoms with Crippen LogP contribution in [0.1, 0.15) is 10.4 Å². The van der Waals surface area contributed by atoms with Gasteiger partial charge in [-0.15, -0.1) is 0 Å². The molecule has 0 radical (unpaired) electrons. The number of ether oxygens (including phenoxy) is 1. The van der Waals surface area contributed by atoms with E-state index in [-0.39, 0.29) is 15.8 Å². The molecule has 0 spiro atoms. The number of benzene rings is 2. The Hall–Kier alpha value is -1.82. The Morgan fingerprint density at radius 3 is 2.40 bits per heavy atom. The van der Waals surface area contributed by atoms with Crippen LogP contribution >= 0.6 is 15.9 Å². The van der Waals surface area contributed by atoms with Gasteiger partial charge in [0.25, 0.3) is 0 Å². The van der Waals surface area contributed by atoms with E-state index >= 15 is 0 Å². The summed E-state index contributed by atoms with van der Waals surface area (Å²) in [6.07, 6.45) is 0. The monoisotopic (exact) mass is 344 g/mol. The van der Waals surface area contributed by atoms with Crippen LogP contribution in [0.2, 0.25) is 0 Å². The van der Waals surface area contributed by atoms with Crippen molar-refractivity contribution >= 4 is 21.7 Å². The summed E-state index contributed by atoms with van der Waals surface area (Å²) in [5, 5.41) is 0. The first-order chi connectivity index (χ1) is 9.47. The van der Waals surface area contributed by atoms with Gasteiger partial charge in [0.1, 0.15) is 11.6 Å². The van der Waals surface area contributed by atoms with E-state index in [1.54, 1.807) is 0 Å². The van der Waals surface area contributed by atoms with Crippen LogP contribution in [-0.2, 0) is 0 Å². The molecule has 0 bridgehead atoms. The zero-order valence-electron chi connectivity index (χ0n) is 10.00. The molecule has 0 aliphatic heterocycles. The van der Waals surface area contributed by atoms with Gasteiger partial charge >= 0.3 is 0 Å². The molecule has 0 N–H and O–H groups in total. The average Bonchev–Trinajstić information content (AvgIpc) is 2.43. The van der Waals surface area contributed by atoms with Crippen molar-refractivity contribution in [3.63, 3.8) is 0 Å². The van der Waals surface area contributed by atoms with Gasteiger partial charge in [-0.2, -0.15) is 0 Å². The quantitative estimate of drug-likeness (QED) is 0.779. The van der Waals surface area contributed by atoms with E-state index in [0.29, 0.717) is 0 Å². The summed E-state index contributed by atoms with van der Waals surface area (Å²) in [5.41, 5.74) is -0.0125. The van der Waals surface area contributed by atoms with Crippen LogP contribution < -0.4 is 4.74 Å². The van der Waals surface area contributed by atoms with Gasteiger partial charge in [0.15, 0.2) is 24.0 Å². The van der Waals surface area contributed by atoms with Crippen LogP contribution in [0.5, 0.6) is 5.75 Å². The predicted molar refractivity (Wildman–Crippen MR) is 70.3 cm³/mol. The molecule has 2 aromatic carbocycles. The maximum absolute atomic E-state index is 13.2. The molecule has 20 heavy (non-hydrogen) atoms. The van der Waals surface area contributed by atoms with Crippen LogP contribution in [0.25, 0.3) is 0 Å². The fraction of sp³-hybridized carbons (Fsp3) is 0.0714. The number of carbonyl (C=O) groups is 1. The highest BCUT2D eigenvalue weighted by atomic mass is 79.9. The van der Waals surface area contributed by atoms with Crippen LogP contribution in [0, 0.1) is 17.5 Å². The highest BCUT2D eigenvalue weighted by Gasteiger charge is 2.11. The zero-order valence-corrected chi connectivity index (χ0v) is 11.6. The second-order valence-electron chi connectivity index (χ2n) is 3.92. The summed E-state index contributed by atoms with van der Waals surface area (Å²) in [6.45, 7) is -0.397. The summed E-state index contributed by atoms with van der Waals surface area (Å²) in [4.78, 5) is 11.7. The van der Waals surface area contributed by atoms with Crippen molar-refractivity contribution in [2.45, 2.75) is 0 Å². The third-order valence-electron chi connectivity index (χ3n) is 2.50. The number of halogens is 4. The van der Waals surface area contributed by atoms with Gasteiger partial charge in [-0.05, 0) is 46.3 Å². The molecular formula is C14H8BrF3O2. The number of ketones is 1. The van der Waals surface area contributed by atoms with E-state index in [4.69, 9.17) is 4.74 Å². The first kappa shape index (κ1) is 14.6. The molecule has 2 rings (SSSR count). The first-order valence-corrected chi connectivity index (χ1v) is 6.33. The van der Waals surface area contributed by atoms with Crippen LogP contribution in [-0.4, -0.2) is 12.4 Å². The van der Waals surface area contributed by atoms with Gasteiger partial charge in [-0.3, -0.25) is 4.79 Å². The average molecular weight is 345 g/mol. The molecule has 0 aliphatic carbocycles. The molecule has 0 aliphatic rings. The molecule has 0 atom stereocenters. The Morgan fingerprint density at radius 2 is 1.75 bits per heavy atom. The zero-order chi connectivity index (χ0) is 14.7. The fourth-order valence-electron chi connectivity index (χ4n) is 1.47. The Morgan fingerprint density at radius 1 is 1.00 bits per heavy atom. The Balaban J connectivity index is 2.04. The summed E-state index contributed by atoms with van der Waals surface area (Å²) >= 11 is 2.99. The van der Waals surface area contributed by atoms with Crippen LogP contribution in [0.3, 0.4) is 0 Å². The van der Waals surface area contributed by atoms with E-state index in [1.807, 2.05) is 0 Å². The summed E-state index contributed by atoms with van der Waals surface area (Å²) in [5.74, 6) is -3.03. The molecule has 0 fully saturated rings. The molecule has 2 aromatic rings. The third-order valence-corrected chi connectivity index (χ3v) is 3.15. The lowest BCUT2D eigenvalue weighted by Crippen LogP contribution is -2.12. The van der Waals surface area contributed by atoms with Gasteiger partial charge < -0.3 is 4.74 Å². The second-order valence-corrected chi connectivity index (χ2v) is 4.77. The Labute approximate surface area is 121 Å². The molecule has 0 unspecified atom stereocenters. The van der Waals surface area contributed by atoms with Gasteiger partial charge in [0, 0.05) is 11.6 Å². The number of carbonyl (C=O) groups excluding carboxylic acids is 1. The summed E-state index contributed by atoms with van der Waals surface area (Å²) in [6, 6.07) is 6.85. The van der Waals surface area contributed by atoms with Crippen molar-refractivity contribution in [3.8, 4) is 5.75 Å². The first-order valence-electron chi connectivity index (χ1n) is 5.53. The maximum Gasteiger partial charge on any atom is 0.200 e. The standard InChI is InChI=1S/C14H8BrF3O2/c15-10-3-2-9(6-12(10)17)20-7-14(19)8-1-4-11(16)13(18)5-8/h1-6H,7H2. The van der Waals surface area contributed by atoms with Gasteiger partial charge in [0.2, 0.25) is 0 Å². The maximum atomic E-state index is 13.2. The SMILES string of the molecule is O=C(COc1ccc(Br)c(F)c1)c1ccc(F)c(F)c1. The van der Waals surface area contributed by atoms with Crippen LogP contribution in [0.4, 0.5) is 13.2 Å². The molecule has 104 valence electrons. The Bertz CT molecular complexity index is 659. The smallest absolute Gasteiger partial charge is 0.200 e. The summed E-state index contributed by atoms with van der Waals surface area (Å²) < 4.78 is 44.3. The minimum atomic E-state index is -1.11. The van der Waals surface area contributed by atoms with E-state index in [2.05, 4.69) is 15.9 Å². The van der Waals surface area contributed by atoms with Crippen molar-refractivity contribution in [3.05, 3.63) is 63.9 Å². The van der Waals surface area contributed by atoms with E-state index < -0.39 is 29.8 Å². The predicted octanol–water partition coefficient (Wildman–Crippen LogP) is 4.13. The highest BCUT2D eigenvalue weighted by molar-refractivity contribution is 9.10. The topological polar surface area (TPSA) is 26.3 Å². The van der Waals surface area contributed by atoms with E-state index in [1.165, 1.54) is 12.1 Å². The molecule has 0 heterocycles.